The monoisotopic (exact) mass is 313 g/mol. The summed E-state index contributed by atoms with van der Waals surface area (Å²) >= 11 is 8.07. The van der Waals surface area contributed by atoms with Crippen LogP contribution in [0.25, 0.3) is 0 Å². The first-order valence-corrected chi connectivity index (χ1v) is 8.20. The fourth-order valence-electron chi connectivity index (χ4n) is 2.11. The van der Waals surface area contributed by atoms with Gasteiger partial charge in [-0.3, -0.25) is 4.99 Å². The molecule has 110 valence electrons. The number of nitrogens with one attached hydrogen (secondary N) is 1. The Labute approximate surface area is 129 Å². The topological polar surface area (TPSA) is 59.6 Å². The van der Waals surface area contributed by atoms with Gasteiger partial charge in [0.05, 0.1) is 12.1 Å². The van der Waals surface area contributed by atoms with Crippen LogP contribution in [0.3, 0.4) is 0 Å². The number of methoxy groups -OCH3 is 1. The average molecular weight is 314 g/mol. The molecule has 0 aromatic heterocycles. The average Bonchev–Trinajstić information content (AvgIpc) is 2.46. The van der Waals surface area contributed by atoms with Crippen LogP contribution in [0.1, 0.15) is 12.8 Å². The van der Waals surface area contributed by atoms with Gasteiger partial charge in [-0.05, 0) is 48.5 Å². The molecule has 0 bridgehead atoms. The van der Waals surface area contributed by atoms with E-state index in [1.165, 1.54) is 24.3 Å². The number of thioether (sulfide) groups is 1. The molecule has 1 unspecified atom stereocenters. The minimum absolute atomic E-state index is 0.432. The molecule has 20 heavy (non-hydrogen) atoms. The van der Waals surface area contributed by atoms with E-state index in [1.54, 1.807) is 19.2 Å². The molecule has 0 aliphatic carbocycles. The predicted molar refractivity (Wildman–Crippen MR) is 88.2 cm³/mol. The Hall–Kier alpha value is -1.07. The van der Waals surface area contributed by atoms with Gasteiger partial charge in [0.2, 0.25) is 0 Å². The number of guanidine groups is 1. The van der Waals surface area contributed by atoms with E-state index in [2.05, 4.69) is 10.3 Å². The Kier molecular flexibility index (Phi) is 5.86. The molecule has 1 aromatic rings. The molecule has 0 saturated carbocycles. The van der Waals surface area contributed by atoms with Gasteiger partial charge >= 0.3 is 0 Å². The van der Waals surface area contributed by atoms with E-state index in [0.29, 0.717) is 22.6 Å². The van der Waals surface area contributed by atoms with Crippen molar-refractivity contribution >= 4 is 35.0 Å². The lowest BCUT2D eigenvalue weighted by Crippen LogP contribution is -2.24. The summed E-state index contributed by atoms with van der Waals surface area (Å²) in [6.45, 7) is 0.787. The zero-order valence-electron chi connectivity index (χ0n) is 11.6. The first-order chi connectivity index (χ1) is 9.69. The van der Waals surface area contributed by atoms with Crippen molar-refractivity contribution in [1.82, 2.24) is 0 Å². The fraction of sp³-hybridized carbons (Fsp3) is 0.500. The van der Waals surface area contributed by atoms with Gasteiger partial charge in [-0.1, -0.05) is 11.6 Å². The van der Waals surface area contributed by atoms with E-state index in [4.69, 9.17) is 22.1 Å². The lowest BCUT2D eigenvalue weighted by molar-refractivity contribution is 0.415. The Morgan fingerprint density at radius 3 is 3.10 bits per heavy atom. The zero-order valence-corrected chi connectivity index (χ0v) is 13.1. The van der Waals surface area contributed by atoms with Crippen LogP contribution < -0.4 is 15.8 Å². The fourth-order valence-corrected chi connectivity index (χ4v) is 3.51. The molecule has 0 spiro atoms. The number of nitrogens with two attached hydrogens (primary N) is 1. The number of aliphatic imine (C=N–C) groups is 1. The third kappa shape index (κ3) is 4.49. The van der Waals surface area contributed by atoms with E-state index >= 15 is 0 Å². The van der Waals surface area contributed by atoms with Crippen LogP contribution in [0.15, 0.2) is 23.2 Å². The summed E-state index contributed by atoms with van der Waals surface area (Å²) in [6.07, 6.45) is 2.53. The number of rotatable bonds is 4. The van der Waals surface area contributed by atoms with Crippen molar-refractivity contribution in [2.24, 2.45) is 16.6 Å². The standard InChI is InChI=1S/C14H20ClN3OS/c1-19-13-5-4-11(7-12(13)15)18-14(16)17-8-10-3-2-6-20-9-10/h4-5,7,10H,2-3,6,8-9H2,1H3,(H3,16,17,18). The summed E-state index contributed by atoms with van der Waals surface area (Å²) in [4.78, 5) is 4.41. The molecule has 1 aliphatic rings. The van der Waals surface area contributed by atoms with Crippen LogP contribution in [-0.4, -0.2) is 31.1 Å². The molecular formula is C14H20ClN3OS. The first kappa shape index (κ1) is 15.3. The Morgan fingerprint density at radius 2 is 2.45 bits per heavy atom. The van der Waals surface area contributed by atoms with Gasteiger partial charge in [0.1, 0.15) is 5.75 Å². The van der Waals surface area contributed by atoms with E-state index in [1.807, 2.05) is 17.8 Å². The number of anilines is 1. The van der Waals surface area contributed by atoms with Crippen molar-refractivity contribution < 1.29 is 4.74 Å². The maximum absolute atomic E-state index is 6.06. The quantitative estimate of drug-likeness (QED) is 0.662. The maximum Gasteiger partial charge on any atom is 0.193 e. The first-order valence-electron chi connectivity index (χ1n) is 6.67. The SMILES string of the molecule is COc1ccc(NC(N)=NCC2CCCSC2)cc1Cl. The van der Waals surface area contributed by atoms with Crippen molar-refractivity contribution in [3.05, 3.63) is 23.2 Å². The largest absolute Gasteiger partial charge is 0.495 e. The van der Waals surface area contributed by atoms with Crippen molar-refractivity contribution in [3.8, 4) is 5.75 Å². The maximum atomic E-state index is 6.06. The van der Waals surface area contributed by atoms with E-state index < -0.39 is 0 Å². The van der Waals surface area contributed by atoms with Gasteiger partial charge in [0, 0.05) is 12.2 Å². The smallest absolute Gasteiger partial charge is 0.193 e. The molecule has 1 aromatic carbocycles. The molecule has 1 aliphatic heterocycles. The van der Waals surface area contributed by atoms with Gasteiger partial charge in [-0.25, -0.2) is 0 Å². The third-order valence-electron chi connectivity index (χ3n) is 3.20. The van der Waals surface area contributed by atoms with Gasteiger partial charge in [-0.15, -0.1) is 0 Å². The summed E-state index contributed by atoms with van der Waals surface area (Å²) in [5, 5.41) is 3.60. The van der Waals surface area contributed by atoms with Crippen LogP contribution in [0.4, 0.5) is 5.69 Å². The molecule has 1 atom stereocenters. The zero-order chi connectivity index (χ0) is 14.4. The number of hydrogen-bond acceptors (Lipinski definition) is 3. The van der Waals surface area contributed by atoms with Gasteiger partial charge in [0.15, 0.2) is 5.96 Å². The van der Waals surface area contributed by atoms with E-state index in [-0.39, 0.29) is 0 Å². The summed E-state index contributed by atoms with van der Waals surface area (Å²) in [7, 11) is 1.59. The molecule has 1 saturated heterocycles. The highest BCUT2D eigenvalue weighted by Gasteiger charge is 2.13. The number of hydrogen-bond donors (Lipinski definition) is 2. The van der Waals surface area contributed by atoms with E-state index in [0.717, 1.165) is 12.2 Å². The third-order valence-corrected chi connectivity index (χ3v) is 4.78. The summed E-state index contributed by atoms with van der Waals surface area (Å²) in [5.74, 6) is 4.19. The van der Waals surface area contributed by atoms with Crippen LogP contribution >= 0.6 is 23.4 Å². The molecule has 1 heterocycles. The molecule has 3 N–H and O–H groups in total. The lowest BCUT2D eigenvalue weighted by atomic mass is 10.1. The molecule has 2 rings (SSSR count). The molecule has 4 nitrogen and oxygen atoms in total. The number of nitrogens with zero attached hydrogens (tertiary/aromatic N) is 1. The van der Waals surface area contributed by atoms with Gasteiger partial charge in [0.25, 0.3) is 0 Å². The predicted octanol–water partition coefficient (Wildman–Crippen LogP) is 3.22. The van der Waals surface area contributed by atoms with Crippen LogP contribution in [0.2, 0.25) is 5.02 Å². The van der Waals surface area contributed by atoms with Crippen molar-refractivity contribution in [2.45, 2.75) is 12.8 Å². The van der Waals surface area contributed by atoms with Crippen LogP contribution in [0, 0.1) is 5.92 Å². The molecular weight excluding hydrogens is 294 g/mol. The van der Waals surface area contributed by atoms with Crippen molar-refractivity contribution in [2.75, 3.05) is 30.5 Å². The van der Waals surface area contributed by atoms with Crippen molar-refractivity contribution in [1.29, 1.82) is 0 Å². The number of ether oxygens (including phenoxy) is 1. The lowest BCUT2D eigenvalue weighted by Gasteiger charge is -2.19. The normalized spacial score (nSPS) is 19.7. The Morgan fingerprint density at radius 1 is 1.60 bits per heavy atom. The molecule has 6 heteroatoms. The summed E-state index contributed by atoms with van der Waals surface area (Å²) < 4.78 is 5.11. The summed E-state index contributed by atoms with van der Waals surface area (Å²) in [6, 6.07) is 5.44. The van der Waals surface area contributed by atoms with E-state index in [9.17, 15) is 0 Å². The number of halogens is 1. The van der Waals surface area contributed by atoms with Crippen LogP contribution in [0.5, 0.6) is 5.75 Å². The minimum Gasteiger partial charge on any atom is -0.495 e. The Balaban J connectivity index is 1.89. The van der Waals surface area contributed by atoms with Gasteiger partial charge < -0.3 is 15.8 Å². The summed E-state index contributed by atoms with van der Waals surface area (Å²) in [5.41, 5.74) is 6.72. The molecule has 0 radical (unpaired) electrons. The number of benzene rings is 1. The second kappa shape index (κ2) is 7.64. The molecule has 1 fully saturated rings. The highest BCUT2D eigenvalue weighted by molar-refractivity contribution is 7.99. The highest BCUT2D eigenvalue weighted by Crippen LogP contribution is 2.27. The van der Waals surface area contributed by atoms with Crippen molar-refractivity contribution in [3.63, 3.8) is 0 Å². The minimum atomic E-state index is 0.432. The Bertz CT molecular complexity index is 475. The second-order valence-corrected chi connectivity index (χ2v) is 6.34. The molecule has 0 amide bonds. The van der Waals surface area contributed by atoms with Gasteiger partial charge in [-0.2, -0.15) is 11.8 Å². The highest BCUT2D eigenvalue weighted by atomic mass is 35.5. The van der Waals surface area contributed by atoms with Crippen LogP contribution in [-0.2, 0) is 0 Å². The second-order valence-electron chi connectivity index (χ2n) is 4.78.